The molecule has 4 rings (SSSR count). The average molecular weight is 621 g/mol. The van der Waals surface area contributed by atoms with Crippen molar-refractivity contribution in [2.24, 2.45) is 0 Å². The largest absolute Gasteiger partial charge is 0.443 e. The summed E-state index contributed by atoms with van der Waals surface area (Å²) >= 11 is 1.64. The topological polar surface area (TPSA) is 91.9 Å². The van der Waals surface area contributed by atoms with Crippen LogP contribution in [0.3, 0.4) is 0 Å². The number of carbonyl (C=O) groups is 1. The summed E-state index contributed by atoms with van der Waals surface area (Å²) in [4.78, 5) is 21.9. The molecule has 0 aliphatic carbocycles. The molecule has 1 fully saturated rings. The van der Waals surface area contributed by atoms with E-state index >= 15 is 0 Å². The molecule has 0 saturated carbocycles. The third-order valence-corrected chi connectivity index (χ3v) is 9.68. The Balaban J connectivity index is 1.78. The van der Waals surface area contributed by atoms with Crippen LogP contribution in [0.2, 0.25) is 0 Å². The van der Waals surface area contributed by atoms with Crippen molar-refractivity contribution in [3.05, 3.63) is 35.4 Å². The van der Waals surface area contributed by atoms with E-state index in [-0.39, 0.29) is 0 Å². The molecular weight excluding hydrogens is 576 g/mol. The highest BCUT2D eigenvalue weighted by molar-refractivity contribution is 7.99. The van der Waals surface area contributed by atoms with Gasteiger partial charge in [0.1, 0.15) is 5.60 Å². The Kier molecular flexibility index (Phi) is 10.0. The molecule has 0 spiro atoms. The smallest absolute Gasteiger partial charge is 0.419 e. The molecule has 2 aliphatic heterocycles. The summed E-state index contributed by atoms with van der Waals surface area (Å²) in [5, 5.41) is 0. The van der Waals surface area contributed by atoms with Gasteiger partial charge in [0, 0.05) is 74.7 Å². The summed E-state index contributed by atoms with van der Waals surface area (Å²) < 4.78 is 42.3. The third-order valence-electron chi connectivity index (χ3n) is 7.31. The van der Waals surface area contributed by atoms with Gasteiger partial charge in [0.25, 0.3) is 0 Å². The van der Waals surface area contributed by atoms with Gasteiger partial charge in [-0.3, -0.25) is 0 Å². The molecule has 12 heteroatoms. The van der Waals surface area contributed by atoms with Crippen LogP contribution in [0.5, 0.6) is 0 Å². The number of piperazine rings is 1. The van der Waals surface area contributed by atoms with Crippen LogP contribution in [-0.2, 0) is 24.2 Å². The first kappa shape index (κ1) is 32.4. The van der Waals surface area contributed by atoms with Gasteiger partial charge >= 0.3 is 6.09 Å². The Morgan fingerprint density at radius 3 is 1.98 bits per heavy atom. The Bertz CT molecular complexity index is 1390. The van der Waals surface area contributed by atoms with Crippen LogP contribution in [0.4, 0.5) is 27.5 Å². The predicted molar refractivity (Wildman–Crippen MR) is 169 cm³/mol. The van der Waals surface area contributed by atoms with E-state index in [4.69, 9.17) is 14.2 Å². The number of methoxy groups -OCH3 is 2. The van der Waals surface area contributed by atoms with Gasteiger partial charge in [0.05, 0.1) is 30.8 Å². The number of rotatable bonds is 9. The highest BCUT2D eigenvalue weighted by Gasteiger charge is 2.36. The molecule has 0 radical (unpaired) electrons. The first-order valence-electron chi connectivity index (χ1n) is 14.2. The van der Waals surface area contributed by atoms with Crippen LogP contribution in [0.1, 0.15) is 31.9 Å². The molecule has 0 atom stereocenters. The summed E-state index contributed by atoms with van der Waals surface area (Å²) in [6.07, 6.45) is 0.835. The van der Waals surface area contributed by atoms with Gasteiger partial charge in [-0.1, -0.05) is 11.8 Å². The van der Waals surface area contributed by atoms with Crippen molar-refractivity contribution in [1.82, 2.24) is 4.31 Å². The number of hydrogen-bond donors (Lipinski definition) is 0. The van der Waals surface area contributed by atoms with Crippen molar-refractivity contribution < 1.29 is 27.4 Å². The maximum Gasteiger partial charge on any atom is 0.419 e. The van der Waals surface area contributed by atoms with Crippen molar-refractivity contribution in [2.75, 3.05) is 87.7 Å². The van der Waals surface area contributed by atoms with E-state index < -0.39 is 21.7 Å². The molecule has 1 saturated heterocycles. The van der Waals surface area contributed by atoms with Gasteiger partial charge in [-0.05, 0) is 70.0 Å². The van der Waals surface area contributed by atoms with Gasteiger partial charge < -0.3 is 24.0 Å². The van der Waals surface area contributed by atoms with Gasteiger partial charge in [0.15, 0.2) is 0 Å². The van der Waals surface area contributed by atoms with Gasteiger partial charge in [-0.2, -0.15) is 4.31 Å². The number of hydrogen-bond acceptors (Lipinski definition) is 9. The van der Waals surface area contributed by atoms with Gasteiger partial charge in [-0.15, -0.1) is 0 Å². The maximum atomic E-state index is 13.8. The monoisotopic (exact) mass is 620 g/mol. The number of nitrogens with zero attached hydrogens (tertiary/aromatic N) is 4. The van der Waals surface area contributed by atoms with E-state index in [9.17, 15) is 13.2 Å². The lowest BCUT2D eigenvalue weighted by atomic mass is 10.1. The number of ether oxygens (including phenoxy) is 3. The molecule has 2 heterocycles. The number of amides is 1. The SMILES string of the molecule is COCCN(CCOC)c1cc(C)c2c(c1)Sc1cc(N3CCN(S(C)(=O)=O)CC3)cc(C)c1N2C(=O)OC(C)(C)C. The predicted octanol–water partition coefficient (Wildman–Crippen LogP) is 5.02. The van der Waals surface area contributed by atoms with Crippen LogP contribution in [0, 0.1) is 13.8 Å². The fourth-order valence-electron chi connectivity index (χ4n) is 5.32. The number of fused-ring (bicyclic) bond motifs is 2. The highest BCUT2D eigenvalue weighted by Crippen LogP contribution is 2.53. The number of benzene rings is 2. The molecule has 2 aliphatic rings. The minimum absolute atomic E-state index is 0.422. The maximum absolute atomic E-state index is 13.8. The molecule has 42 heavy (non-hydrogen) atoms. The Morgan fingerprint density at radius 1 is 0.905 bits per heavy atom. The minimum atomic E-state index is -3.22. The fraction of sp³-hybridized carbons (Fsp3) is 0.567. The van der Waals surface area contributed by atoms with Crippen LogP contribution in [0.15, 0.2) is 34.1 Å². The Hall–Kier alpha value is -2.51. The first-order chi connectivity index (χ1) is 19.7. The van der Waals surface area contributed by atoms with E-state index in [2.05, 4.69) is 34.1 Å². The van der Waals surface area contributed by atoms with Crippen molar-refractivity contribution >= 4 is 50.6 Å². The molecule has 10 nitrogen and oxygen atoms in total. The van der Waals surface area contributed by atoms with E-state index in [1.807, 2.05) is 34.6 Å². The van der Waals surface area contributed by atoms with Crippen LogP contribution < -0.4 is 14.7 Å². The zero-order chi connectivity index (χ0) is 30.8. The molecule has 0 bridgehead atoms. The quantitative estimate of drug-likeness (QED) is 0.383. The number of carbonyl (C=O) groups excluding carboxylic acids is 1. The normalized spacial score (nSPS) is 15.8. The summed E-state index contributed by atoms with van der Waals surface area (Å²) in [5.74, 6) is 0. The van der Waals surface area contributed by atoms with Gasteiger partial charge in [-0.25, -0.2) is 18.1 Å². The van der Waals surface area contributed by atoms with Crippen LogP contribution in [0.25, 0.3) is 0 Å². The van der Waals surface area contributed by atoms with Crippen molar-refractivity contribution in [3.8, 4) is 0 Å². The average Bonchev–Trinajstić information content (AvgIpc) is 2.90. The summed E-state index contributed by atoms with van der Waals surface area (Å²) in [6, 6.07) is 8.43. The molecule has 2 aromatic carbocycles. The van der Waals surface area contributed by atoms with E-state index in [0.29, 0.717) is 52.5 Å². The molecule has 0 aromatic heterocycles. The van der Waals surface area contributed by atoms with E-state index in [0.717, 1.165) is 43.7 Å². The number of anilines is 4. The summed E-state index contributed by atoms with van der Waals surface area (Å²) in [7, 11) is 0.165. The third kappa shape index (κ3) is 7.34. The second-order valence-corrected chi connectivity index (χ2v) is 14.8. The molecular formula is C30H44N4O6S2. The highest BCUT2D eigenvalue weighted by atomic mass is 32.2. The van der Waals surface area contributed by atoms with Crippen molar-refractivity contribution in [1.29, 1.82) is 0 Å². The lowest BCUT2D eigenvalue weighted by molar-refractivity contribution is 0.0597. The molecule has 0 unspecified atom stereocenters. The van der Waals surface area contributed by atoms with E-state index in [1.165, 1.54) is 10.6 Å². The second kappa shape index (κ2) is 13.0. The summed E-state index contributed by atoms with van der Waals surface area (Å²) in [6.45, 7) is 14.3. The lowest BCUT2D eigenvalue weighted by Gasteiger charge is -2.38. The van der Waals surface area contributed by atoms with Crippen molar-refractivity contribution in [3.63, 3.8) is 0 Å². The Labute approximate surface area is 254 Å². The second-order valence-electron chi connectivity index (χ2n) is 11.8. The minimum Gasteiger partial charge on any atom is -0.443 e. The number of sulfonamides is 1. The molecule has 232 valence electrons. The molecule has 2 aromatic rings. The molecule has 1 amide bonds. The fourth-order valence-corrected chi connectivity index (χ4v) is 7.44. The van der Waals surface area contributed by atoms with Gasteiger partial charge in [0.2, 0.25) is 10.0 Å². The van der Waals surface area contributed by atoms with Crippen LogP contribution in [-0.4, -0.2) is 97.4 Å². The first-order valence-corrected chi connectivity index (χ1v) is 16.8. The molecule has 0 N–H and O–H groups in total. The number of aryl methyl sites for hydroxylation is 2. The van der Waals surface area contributed by atoms with Crippen LogP contribution >= 0.6 is 11.8 Å². The Morgan fingerprint density at radius 2 is 1.45 bits per heavy atom. The summed E-state index contributed by atoms with van der Waals surface area (Å²) in [5.41, 5.74) is 4.92. The lowest BCUT2D eigenvalue weighted by Crippen LogP contribution is -2.48. The zero-order valence-corrected chi connectivity index (χ0v) is 27.7. The zero-order valence-electron chi connectivity index (χ0n) is 26.0. The standard InChI is InChI=1S/C30H44N4O6S2/c1-21-17-23(31-9-11-33(12-10-31)42(8,36)37)19-25-27(21)34(29(35)40-30(3,4)5)28-22(2)18-24(20-26(28)41-25)32(13-15-38-6)14-16-39-7/h17-20H,9-16H2,1-8H3. The van der Waals surface area contributed by atoms with Crippen molar-refractivity contribution in [2.45, 2.75) is 50.0 Å². The van der Waals surface area contributed by atoms with E-state index in [1.54, 1.807) is 30.9 Å².